The Hall–Kier alpha value is -0.167. The molecule has 8 rings (SSSR count). The van der Waals surface area contributed by atoms with Crippen LogP contribution in [0.4, 0.5) is 22.7 Å². The number of anilines is 2. The van der Waals surface area contributed by atoms with E-state index in [-0.39, 0.29) is 190 Å². The molecule has 0 amide bonds. The number of aromatic nitrogens is 1. The molecule has 1 aromatic heterocycles. The number of benzene rings is 5. The van der Waals surface area contributed by atoms with Crippen LogP contribution in [0.5, 0.6) is 0 Å². The first-order valence-electron chi connectivity index (χ1n) is 21.8. The van der Waals surface area contributed by atoms with Gasteiger partial charge in [-0.3, -0.25) is 18.9 Å². The van der Waals surface area contributed by atoms with Gasteiger partial charge in [0.25, 0.3) is 16.6 Å². The van der Waals surface area contributed by atoms with Crippen LogP contribution in [0.25, 0.3) is 9.69 Å². The predicted octanol–water partition coefficient (Wildman–Crippen LogP) is 0.452. The molecule has 2 aliphatic rings. The van der Waals surface area contributed by atoms with Crippen molar-refractivity contribution in [2.75, 3.05) is 68.5 Å². The molecular formula is C52H53Cl6IK2N7NaO6S. The smallest absolute Gasteiger partial charge is 1.00 e. The van der Waals surface area contributed by atoms with Crippen molar-refractivity contribution in [1.82, 2.24) is 15.2 Å². The van der Waals surface area contributed by atoms with Crippen LogP contribution < -0.4 is 177 Å². The van der Waals surface area contributed by atoms with Gasteiger partial charge in [0, 0.05) is 84.2 Å². The molecule has 2 aliphatic heterocycles. The molecule has 5 aromatic carbocycles. The second-order valence-corrected chi connectivity index (χ2v) is 20.0. The van der Waals surface area contributed by atoms with Gasteiger partial charge in [-0.05, 0) is 83.8 Å². The monoisotopic (exact) mass is 1340 g/mol. The molecule has 0 spiro atoms. The van der Waals surface area contributed by atoms with E-state index in [1.54, 1.807) is 24.3 Å². The average molecular weight is 1340 g/mol. The fraction of sp³-hybridized carbons (Fsp3) is 0.269. The van der Waals surface area contributed by atoms with Crippen molar-refractivity contribution in [1.29, 1.82) is 0 Å². The second-order valence-electron chi connectivity index (χ2n) is 15.8. The van der Waals surface area contributed by atoms with Gasteiger partial charge in [-0.1, -0.05) is 138 Å². The molecule has 24 heteroatoms. The van der Waals surface area contributed by atoms with Crippen molar-refractivity contribution in [2.45, 2.75) is 32.4 Å². The maximum atomic E-state index is 10.6. The summed E-state index contributed by atoms with van der Waals surface area (Å²) in [4.78, 5) is 29.1. The predicted molar refractivity (Wildman–Crippen MR) is 292 cm³/mol. The van der Waals surface area contributed by atoms with Gasteiger partial charge in [0.15, 0.2) is 5.69 Å². The summed E-state index contributed by atoms with van der Waals surface area (Å²) >= 11 is 37.2. The zero-order valence-electron chi connectivity index (χ0n) is 42.6. The first-order valence-corrected chi connectivity index (χ1v) is 25.9. The minimum Gasteiger partial charge on any atom is -1.00 e. The van der Waals surface area contributed by atoms with Crippen molar-refractivity contribution >= 4 is 109 Å². The van der Waals surface area contributed by atoms with Crippen molar-refractivity contribution in [2.24, 2.45) is 0 Å². The van der Waals surface area contributed by atoms with E-state index in [1.165, 1.54) is 22.9 Å². The maximum absolute atomic E-state index is 10.6. The van der Waals surface area contributed by atoms with Gasteiger partial charge >= 0.3 is 132 Å². The van der Waals surface area contributed by atoms with Gasteiger partial charge in [0.2, 0.25) is 5.69 Å². The SMILES string of the molecule is C.Clc1ccc([C@@H]2CNCCN2c2ccc(Cl)cc2Cl)cc1.O=CO[O-].[C-]#[N+]c1ccc(CCN2CCN(c3ccc(Cl)cc3Cl)[C@H](c3ccc(Cl)cc3)C2)cc1.[C-]#[N+]c1ccc(CCOS(C)(=O)=O)nc1.[H-].[I-].[K+].[K+].[Na+]. The number of hydrogen-bond donors (Lipinski definition) is 1. The second kappa shape index (κ2) is 40.1. The van der Waals surface area contributed by atoms with Crippen LogP contribution in [-0.2, 0) is 36.8 Å². The fourth-order valence-electron chi connectivity index (χ4n) is 7.66. The molecule has 2 fully saturated rings. The summed E-state index contributed by atoms with van der Waals surface area (Å²) in [5.41, 5.74) is 7.54. The molecule has 3 heterocycles. The van der Waals surface area contributed by atoms with Gasteiger partial charge in [0.05, 0.1) is 59.5 Å². The van der Waals surface area contributed by atoms with Crippen LogP contribution in [0.15, 0.2) is 128 Å². The third kappa shape index (κ3) is 26.0. The Labute approximate surface area is 603 Å². The molecule has 0 radical (unpaired) electrons. The quantitative estimate of drug-likeness (QED) is 0.0349. The molecular weight excluding hydrogens is 1290 g/mol. The first-order chi connectivity index (χ1) is 34.1. The number of carbonyl (C=O) groups excluding carboxylic acids is 1. The molecule has 6 aromatic rings. The van der Waals surface area contributed by atoms with E-state index in [1.807, 2.05) is 72.8 Å². The van der Waals surface area contributed by atoms with Crippen LogP contribution in [-0.4, -0.2) is 83.4 Å². The summed E-state index contributed by atoms with van der Waals surface area (Å²) in [7, 11) is -3.38. The van der Waals surface area contributed by atoms with Gasteiger partial charge in [0.1, 0.15) is 0 Å². The number of rotatable bonds is 12. The summed E-state index contributed by atoms with van der Waals surface area (Å²) in [5, 5.41) is 16.0. The largest absolute Gasteiger partial charge is 1.00 e. The molecule has 13 nitrogen and oxygen atoms in total. The number of hydrogen-bond acceptors (Lipinski definition) is 11. The Morgan fingerprint density at radius 3 is 1.67 bits per heavy atom. The van der Waals surface area contributed by atoms with Crippen molar-refractivity contribution in [3.8, 4) is 0 Å². The van der Waals surface area contributed by atoms with Crippen molar-refractivity contribution < 1.29 is 185 Å². The van der Waals surface area contributed by atoms with Gasteiger partial charge in [-0.2, -0.15) is 8.42 Å². The third-order valence-electron chi connectivity index (χ3n) is 11.1. The Balaban J connectivity index is 0. The maximum Gasteiger partial charge on any atom is 1.00 e. The summed E-state index contributed by atoms with van der Waals surface area (Å²) < 4.78 is 25.8. The van der Waals surface area contributed by atoms with Crippen LogP contribution in [0.1, 0.15) is 43.3 Å². The Morgan fingerprint density at radius 2 is 1.21 bits per heavy atom. The Kier molecular flexibility index (Phi) is 40.0. The van der Waals surface area contributed by atoms with E-state index >= 15 is 0 Å². The zero-order chi connectivity index (χ0) is 51.3. The molecule has 0 unspecified atom stereocenters. The summed E-state index contributed by atoms with van der Waals surface area (Å²) in [6.07, 6.45) is 3.81. The number of carbonyl (C=O) groups is 1. The molecule has 1 N–H and O–H groups in total. The molecule has 0 saturated carbocycles. The molecule has 0 aliphatic carbocycles. The first kappa shape index (κ1) is 75.8. The minimum atomic E-state index is -3.38. The number of nitrogens with zero attached hydrogens (tertiary/aromatic N) is 6. The van der Waals surface area contributed by atoms with E-state index in [0.29, 0.717) is 43.6 Å². The van der Waals surface area contributed by atoms with E-state index in [2.05, 4.69) is 68.0 Å². The van der Waals surface area contributed by atoms with E-state index in [9.17, 15) is 8.42 Å². The summed E-state index contributed by atoms with van der Waals surface area (Å²) in [6, 6.07) is 39.0. The number of nitrogens with one attached hydrogen (secondary N) is 1. The normalized spacial score (nSPS) is 14.5. The van der Waals surface area contributed by atoms with E-state index < -0.39 is 10.1 Å². The summed E-state index contributed by atoms with van der Waals surface area (Å²) in [5.74, 6) is 0. The molecule has 2 atom stereocenters. The van der Waals surface area contributed by atoms with E-state index in [0.717, 1.165) is 79.9 Å². The van der Waals surface area contributed by atoms with Gasteiger partial charge < -0.3 is 50.7 Å². The van der Waals surface area contributed by atoms with Crippen LogP contribution in [0.2, 0.25) is 30.1 Å². The zero-order valence-corrected chi connectivity index (χ0v) is 57.4. The minimum absolute atomic E-state index is 0. The van der Waals surface area contributed by atoms with E-state index in [4.69, 9.17) is 92.8 Å². The molecule has 0 bridgehead atoms. The molecule has 390 valence electrons. The topological polar surface area (TPSA) is 136 Å². The van der Waals surface area contributed by atoms with Crippen LogP contribution >= 0.6 is 69.6 Å². The van der Waals surface area contributed by atoms with Gasteiger partial charge in [-0.25, -0.2) is 9.69 Å². The summed E-state index contributed by atoms with van der Waals surface area (Å²) in [6.45, 7) is 20.1. The van der Waals surface area contributed by atoms with Gasteiger partial charge in [-0.15, -0.1) is 0 Å². The Bertz CT molecular complexity index is 2880. The number of piperazine rings is 2. The number of pyridine rings is 1. The molecule has 2 saturated heterocycles. The third-order valence-corrected chi connectivity index (χ3v) is 13.2. The standard InChI is InChI=1S/C25H22Cl3N3.C16H15Cl3N2.C9H10N2O3S.CH2O3.CH4.HI.2K.Na.H/c1-29-22-9-2-18(3-10-22)12-13-30-14-15-31(24-11-8-21(27)16-23(24)28)25(17-30)19-4-6-20(26)7-5-19;17-12-3-1-11(2-4-12)16-10-20-7-8-21(16)15-6-5-13(18)9-14(15)19;1-10-9-4-3-8(11-7-9)5-6-14-15(2,12)13;2-1-4-3;;;;;;/h2-11,16,25H,12-15,17H2;1-6,9,16,20H,7-8,10H2;3-4,7H,5-6H2,2H3;1,3H;1H4;1H;;;;/q;;;;;;3*+1;-1/p-2/t25-;16-;;;;;;;;/m00......../s1. The van der Waals surface area contributed by atoms with Crippen molar-refractivity contribution in [3.63, 3.8) is 0 Å². The van der Waals surface area contributed by atoms with Crippen LogP contribution in [0.3, 0.4) is 0 Å². The Morgan fingerprint density at radius 1 is 0.724 bits per heavy atom. The number of halogens is 7. The fourth-order valence-corrected chi connectivity index (χ4v) is 9.33. The van der Waals surface area contributed by atoms with Crippen LogP contribution in [0, 0.1) is 13.1 Å². The molecule has 76 heavy (non-hydrogen) atoms. The van der Waals surface area contributed by atoms with Crippen molar-refractivity contribution in [3.05, 3.63) is 203 Å². The average Bonchev–Trinajstić information content (AvgIpc) is 3.37.